The van der Waals surface area contributed by atoms with Crippen LogP contribution in [0.15, 0.2) is 40.9 Å². The van der Waals surface area contributed by atoms with Crippen LogP contribution in [0.4, 0.5) is 0 Å². The zero-order valence-corrected chi connectivity index (χ0v) is 12.9. The third-order valence-electron chi connectivity index (χ3n) is 3.43. The van der Waals surface area contributed by atoms with Crippen LogP contribution in [0.2, 0.25) is 0 Å². The average Bonchev–Trinajstić information content (AvgIpc) is 2.46. The summed E-state index contributed by atoms with van der Waals surface area (Å²) in [6.07, 6.45) is -0.111. The molecule has 0 radical (unpaired) electrons. The van der Waals surface area contributed by atoms with Gasteiger partial charge in [-0.25, -0.2) is 0 Å². The van der Waals surface area contributed by atoms with Gasteiger partial charge in [-0.2, -0.15) is 0 Å². The molecule has 0 aliphatic carbocycles. The Kier molecular flexibility index (Phi) is 3.59. The Morgan fingerprint density at radius 1 is 1.29 bits per heavy atom. The van der Waals surface area contributed by atoms with Crippen molar-refractivity contribution in [1.29, 1.82) is 0 Å². The van der Waals surface area contributed by atoms with Gasteiger partial charge in [0.05, 0.1) is 13.5 Å². The SMILES string of the molecule is COc1cc(O)cc2c1C(=O)CC(c1ccc(Br)cc1)O2. The summed E-state index contributed by atoms with van der Waals surface area (Å²) in [5, 5.41) is 9.70. The van der Waals surface area contributed by atoms with E-state index in [0.29, 0.717) is 17.1 Å². The monoisotopic (exact) mass is 348 g/mol. The van der Waals surface area contributed by atoms with E-state index in [-0.39, 0.29) is 24.1 Å². The molecule has 1 aliphatic rings. The van der Waals surface area contributed by atoms with Crippen LogP contribution in [0.25, 0.3) is 0 Å². The molecule has 0 fully saturated rings. The van der Waals surface area contributed by atoms with Crippen LogP contribution < -0.4 is 9.47 Å². The van der Waals surface area contributed by atoms with E-state index in [1.165, 1.54) is 19.2 Å². The molecule has 1 unspecified atom stereocenters. The number of ether oxygens (including phenoxy) is 2. The standard InChI is InChI=1S/C16H13BrO4/c1-20-14-6-11(18)7-15-16(14)12(19)8-13(21-15)9-2-4-10(17)5-3-9/h2-7,13,18H,8H2,1H3. The van der Waals surface area contributed by atoms with Crippen LogP contribution in [0.3, 0.4) is 0 Å². The number of fused-ring (bicyclic) bond motifs is 1. The predicted molar refractivity (Wildman–Crippen MR) is 81.1 cm³/mol. The molecule has 5 heteroatoms. The van der Waals surface area contributed by atoms with Gasteiger partial charge in [0, 0.05) is 16.6 Å². The van der Waals surface area contributed by atoms with Crippen molar-refractivity contribution in [2.24, 2.45) is 0 Å². The minimum atomic E-state index is -0.357. The molecule has 108 valence electrons. The number of rotatable bonds is 2. The van der Waals surface area contributed by atoms with Crippen LogP contribution in [0, 0.1) is 0 Å². The van der Waals surface area contributed by atoms with Gasteiger partial charge >= 0.3 is 0 Å². The molecule has 1 heterocycles. The number of aromatic hydroxyl groups is 1. The second kappa shape index (κ2) is 5.41. The maximum atomic E-state index is 12.4. The zero-order valence-electron chi connectivity index (χ0n) is 11.3. The quantitative estimate of drug-likeness (QED) is 0.894. The molecule has 0 aromatic heterocycles. The Labute approximate surface area is 130 Å². The minimum absolute atomic E-state index is 0.00913. The van der Waals surface area contributed by atoms with Gasteiger partial charge in [0.2, 0.25) is 0 Å². The Bertz CT molecular complexity index is 694. The highest BCUT2D eigenvalue weighted by atomic mass is 79.9. The van der Waals surface area contributed by atoms with Crippen LogP contribution in [-0.4, -0.2) is 18.0 Å². The number of benzene rings is 2. The predicted octanol–water partition coefficient (Wildman–Crippen LogP) is 3.87. The van der Waals surface area contributed by atoms with Gasteiger partial charge in [-0.1, -0.05) is 28.1 Å². The van der Waals surface area contributed by atoms with E-state index in [9.17, 15) is 9.90 Å². The summed E-state index contributed by atoms with van der Waals surface area (Å²) in [4.78, 5) is 12.4. The number of carbonyl (C=O) groups is 1. The van der Waals surface area contributed by atoms with Crippen molar-refractivity contribution >= 4 is 21.7 Å². The van der Waals surface area contributed by atoms with Crippen molar-refractivity contribution in [2.75, 3.05) is 7.11 Å². The molecule has 0 saturated heterocycles. The van der Waals surface area contributed by atoms with Crippen molar-refractivity contribution in [3.8, 4) is 17.2 Å². The molecule has 3 rings (SSSR count). The molecule has 21 heavy (non-hydrogen) atoms. The lowest BCUT2D eigenvalue weighted by Gasteiger charge is -2.26. The van der Waals surface area contributed by atoms with Crippen molar-refractivity contribution < 1.29 is 19.4 Å². The lowest BCUT2D eigenvalue weighted by Crippen LogP contribution is -2.21. The number of hydrogen-bond acceptors (Lipinski definition) is 4. The van der Waals surface area contributed by atoms with Crippen molar-refractivity contribution in [2.45, 2.75) is 12.5 Å². The Morgan fingerprint density at radius 2 is 2.00 bits per heavy atom. The van der Waals surface area contributed by atoms with Gasteiger partial charge in [0.25, 0.3) is 0 Å². The van der Waals surface area contributed by atoms with Gasteiger partial charge in [0.15, 0.2) is 5.78 Å². The number of hydrogen-bond donors (Lipinski definition) is 1. The molecule has 1 N–H and O–H groups in total. The number of Topliss-reactive ketones (excluding diaryl/α,β-unsaturated/α-hetero) is 1. The normalized spacial score (nSPS) is 17.0. The third-order valence-corrected chi connectivity index (χ3v) is 3.96. The maximum Gasteiger partial charge on any atom is 0.174 e. The van der Waals surface area contributed by atoms with E-state index in [4.69, 9.17) is 9.47 Å². The van der Waals surface area contributed by atoms with Crippen LogP contribution >= 0.6 is 15.9 Å². The maximum absolute atomic E-state index is 12.4. The topological polar surface area (TPSA) is 55.8 Å². The lowest BCUT2D eigenvalue weighted by molar-refractivity contribution is 0.0844. The van der Waals surface area contributed by atoms with Gasteiger partial charge in [0.1, 0.15) is 28.9 Å². The average molecular weight is 349 g/mol. The first-order valence-corrected chi connectivity index (χ1v) is 7.24. The van der Waals surface area contributed by atoms with Crippen LogP contribution in [-0.2, 0) is 0 Å². The molecular weight excluding hydrogens is 336 g/mol. The van der Waals surface area contributed by atoms with Crippen LogP contribution in [0.1, 0.15) is 28.4 Å². The van der Waals surface area contributed by atoms with E-state index in [1.807, 2.05) is 24.3 Å². The summed E-state index contributed by atoms with van der Waals surface area (Å²) >= 11 is 3.38. The van der Waals surface area contributed by atoms with E-state index >= 15 is 0 Å². The minimum Gasteiger partial charge on any atom is -0.508 e. The smallest absolute Gasteiger partial charge is 0.174 e. The number of phenols is 1. The number of carbonyl (C=O) groups excluding carboxylic acids is 1. The van der Waals surface area contributed by atoms with E-state index in [1.54, 1.807) is 0 Å². The third kappa shape index (κ3) is 2.61. The molecule has 1 atom stereocenters. The summed E-state index contributed by atoms with van der Waals surface area (Å²) < 4.78 is 12.0. The highest BCUT2D eigenvalue weighted by Gasteiger charge is 2.31. The fourth-order valence-corrected chi connectivity index (χ4v) is 2.70. The summed E-state index contributed by atoms with van der Waals surface area (Å²) in [5.41, 5.74) is 1.31. The largest absolute Gasteiger partial charge is 0.508 e. The van der Waals surface area contributed by atoms with Gasteiger partial charge in [-0.3, -0.25) is 4.79 Å². The zero-order chi connectivity index (χ0) is 15.0. The lowest BCUT2D eigenvalue weighted by atomic mass is 9.95. The molecule has 0 amide bonds. The highest BCUT2D eigenvalue weighted by molar-refractivity contribution is 9.10. The molecule has 4 nitrogen and oxygen atoms in total. The van der Waals surface area contributed by atoms with E-state index < -0.39 is 0 Å². The van der Waals surface area contributed by atoms with Crippen molar-refractivity contribution in [3.63, 3.8) is 0 Å². The number of halogens is 1. The van der Waals surface area contributed by atoms with Gasteiger partial charge < -0.3 is 14.6 Å². The molecule has 2 aromatic carbocycles. The summed E-state index contributed by atoms with van der Waals surface area (Å²) in [7, 11) is 1.46. The molecule has 2 aromatic rings. The van der Waals surface area contributed by atoms with E-state index in [2.05, 4.69) is 15.9 Å². The fourth-order valence-electron chi connectivity index (χ4n) is 2.43. The molecular formula is C16H13BrO4. The van der Waals surface area contributed by atoms with Crippen LogP contribution in [0.5, 0.6) is 17.2 Å². The Morgan fingerprint density at radius 3 is 2.67 bits per heavy atom. The Hall–Kier alpha value is -2.01. The second-order valence-corrected chi connectivity index (χ2v) is 5.72. The molecule has 0 bridgehead atoms. The number of phenolic OH excluding ortho intramolecular Hbond substituents is 1. The molecule has 0 saturated carbocycles. The summed E-state index contributed by atoms with van der Waals surface area (Å²) in [5.74, 6) is 0.649. The van der Waals surface area contributed by atoms with Crippen molar-refractivity contribution in [3.05, 3.63) is 52.0 Å². The highest BCUT2D eigenvalue weighted by Crippen LogP contribution is 2.42. The second-order valence-electron chi connectivity index (χ2n) is 4.81. The first kappa shape index (κ1) is 13.9. The van der Waals surface area contributed by atoms with Gasteiger partial charge in [-0.15, -0.1) is 0 Å². The summed E-state index contributed by atoms with van der Waals surface area (Å²) in [6.45, 7) is 0. The summed E-state index contributed by atoms with van der Waals surface area (Å²) in [6, 6.07) is 10.5. The molecule has 1 aliphatic heterocycles. The van der Waals surface area contributed by atoms with Crippen molar-refractivity contribution in [1.82, 2.24) is 0 Å². The van der Waals surface area contributed by atoms with Gasteiger partial charge in [-0.05, 0) is 17.7 Å². The Balaban J connectivity index is 2.00. The first-order chi connectivity index (χ1) is 10.1. The van der Waals surface area contributed by atoms with E-state index in [0.717, 1.165) is 10.0 Å². The number of ketones is 1. The first-order valence-electron chi connectivity index (χ1n) is 6.45. The number of methoxy groups -OCH3 is 1. The molecule has 0 spiro atoms. The fraction of sp³-hybridized carbons (Fsp3) is 0.188.